The number of likely N-dealkylation sites (tertiary alicyclic amines) is 1. The van der Waals surface area contributed by atoms with Gasteiger partial charge in [-0.05, 0) is 56.0 Å². The summed E-state index contributed by atoms with van der Waals surface area (Å²) in [5, 5.41) is 3.17. The minimum Gasteiger partial charge on any atom is -0.399 e. The van der Waals surface area contributed by atoms with Crippen LogP contribution in [0.3, 0.4) is 0 Å². The number of benzene rings is 2. The Morgan fingerprint density at radius 3 is 2.73 bits per heavy atom. The lowest BCUT2D eigenvalue weighted by atomic mass is 9.99. The Morgan fingerprint density at radius 1 is 1.27 bits per heavy atom. The Bertz CT molecular complexity index is 735. The van der Waals surface area contributed by atoms with Crippen LogP contribution in [0.5, 0.6) is 0 Å². The average molecular weight is 374 g/mol. The number of carbonyl (C=O) groups is 1. The largest absolute Gasteiger partial charge is 0.399 e. The van der Waals surface area contributed by atoms with E-state index in [4.69, 9.17) is 5.73 Å². The van der Waals surface area contributed by atoms with E-state index in [1.807, 2.05) is 25.1 Å². The number of nitrogens with one attached hydrogen (secondary N) is 1. The first-order valence-corrected chi connectivity index (χ1v) is 8.96. The molecule has 0 aliphatic carbocycles. The smallest absolute Gasteiger partial charge is 0.251 e. The molecule has 2 atom stereocenters. The molecular weight excluding hydrogens is 346 g/mol. The SMILES string of the molecule is Cc1ccc(N)cc1C(=O)NC(C)C1CCN(Cc2ccccc2)C1.Cl. The third kappa shape index (κ3) is 4.99. The molecule has 1 heterocycles. The fourth-order valence-corrected chi connectivity index (χ4v) is 3.54. The highest BCUT2D eigenvalue weighted by molar-refractivity contribution is 5.96. The number of amides is 1. The van der Waals surface area contributed by atoms with Crippen LogP contribution in [0.1, 0.15) is 34.8 Å². The standard InChI is InChI=1S/C21H27N3O.ClH/c1-15-8-9-19(22)12-20(15)21(25)23-16(2)18-10-11-24(14-18)13-17-6-4-3-5-7-17;/h3-9,12,16,18H,10-11,13-14,22H2,1-2H3,(H,23,25);1H. The molecule has 1 amide bonds. The normalized spacial score (nSPS) is 18.2. The maximum atomic E-state index is 12.6. The molecule has 1 aliphatic rings. The lowest BCUT2D eigenvalue weighted by Gasteiger charge is -2.22. The van der Waals surface area contributed by atoms with Crippen LogP contribution in [0.4, 0.5) is 5.69 Å². The molecule has 26 heavy (non-hydrogen) atoms. The molecule has 3 rings (SSSR count). The van der Waals surface area contributed by atoms with Gasteiger partial charge in [-0.2, -0.15) is 0 Å². The van der Waals surface area contributed by atoms with E-state index < -0.39 is 0 Å². The molecule has 2 unspecified atom stereocenters. The van der Waals surface area contributed by atoms with Gasteiger partial charge < -0.3 is 11.1 Å². The van der Waals surface area contributed by atoms with Gasteiger partial charge in [-0.3, -0.25) is 9.69 Å². The van der Waals surface area contributed by atoms with E-state index in [-0.39, 0.29) is 24.4 Å². The Balaban J connectivity index is 0.00000243. The van der Waals surface area contributed by atoms with Crippen molar-refractivity contribution >= 4 is 24.0 Å². The predicted molar refractivity (Wildman–Crippen MR) is 110 cm³/mol. The maximum absolute atomic E-state index is 12.6. The van der Waals surface area contributed by atoms with E-state index in [1.165, 1.54) is 5.56 Å². The minimum absolute atomic E-state index is 0. The van der Waals surface area contributed by atoms with Crippen LogP contribution in [-0.2, 0) is 6.54 Å². The van der Waals surface area contributed by atoms with Crippen LogP contribution in [0.25, 0.3) is 0 Å². The van der Waals surface area contributed by atoms with Crippen LogP contribution in [0.15, 0.2) is 48.5 Å². The van der Waals surface area contributed by atoms with Crippen molar-refractivity contribution in [3.8, 4) is 0 Å². The molecule has 140 valence electrons. The maximum Gasteiger partial charge on any atom is 0.251 e. The number of nitrogens with zero attached hydrogens (tertiary/aromatic N) is 1. The van der Waals surface area contributed by atoms with Gasteiger partial charge in [0.15, 0.2) is 0 Å². The summed E-state index contributed by atoms with van der Waals surface area (Å²) in [6, 6.07) is 16.2. The zero-order valence-electron chi connectivity index (χ0n) is 15.4. The Hall–Kier alpha value is -2.04. The van der Waals surface area contributed by atoms with Crippen molar-refractivity contribution in [2.24, 2.45) is 5.92 Å². The molecular formula is C21H28ClN3O. The van der Waals surface area contributed by atoms with E-state index in [0.717, 1.165) is 31.6 Å². The van der Waals surface area contributed by atoms with E-state index in [9.17, 15) is 4.79 Å². The fraction of sp³-hybridized carbons (Fsp3) is 0.381. The van der Waals surface area contributed by atoms with Crippen molar-refractivity contribution in [3.63, 3.8) is 0 Å². The first kappa shape index (κ1) is 20.3. The predicted octanol–water partition coefficient (Wildman–Crippen LogP) is 3.64. The summed E-state index contributed by atoms with van der Waals surface area (Å²) in [6.07, 6.45) is 1.12. The van der Waals surface area contributed by atoms with Crippen molar-refractivity contribution in [1.29, 1.82) is 0 Å². The first-order valence-electron chi connectivity index (χ1n) is 8.96. The number of nitrogens with two attached hydrogens (primary N) is 1. The number of aryl methyl sites for hydroxylation is 1. The molecule has 0 aromatic heterocycles. The molecule has 1 aliphatic heterocycles. The van der Waals surface area contributed by atoms with Gasteiger partial charge in [0, 0.05) is 30.4 Å². The third-order valence-corrected chi connectivity index (χ3v) is 5.13. The Labute approximate surface area is 162 Å². The number of rotatable bonds is 5. The molecule has 4 nitrogen and oxygen atoms in total. The van der Waals surface area contributed by atoms with Crippen LogP contribution in [0, 0.1) is 12.8 Å². The number of nitrogen functional groups attached to an aromatic ring is 1. The zero-order chi connectivity index (χ0) is 17.8. The second-order valence-electron chi connectivity index (χ2n) is 7.11. The van der Waals surface area contributed by atoms with Gasteiger partial charge in [0.05, 0.1) is 0 Å². The lowest BCUT2D eigenvalue weighted by Crippen LogP contribution is -2.39. The summed E-state index contributed by atoms with van der Waals surface area (Å²) >= 11 is 0. The molecule has 2 aromatic carbocycles. The van der Waals surface area contributed by atoms with Crippen molar-refractivity contribution in [2.45, 2.75) is 32.9 Å². The fourth-order valence-electron chi connectivity index (χ4n) is 3.54. The Morgan fingerprint density at radius 2 is 2.00 bits per heavy atom. The van der Waals surface area contributed by atoms with Crippen LogP contribution >= 0.6 is 12.4 Å². The molecule has 0 spiro atoms. The van der Waals surface area contributed by atoms with E-state index in [0.29, 0.717) is 17.2 Å². The topological polar surface area (TPSA) is 58.4 Å². The molecule has 3 N–H and O–H groups in total. The summed E-state index contributed by atoms with van der Waals surface area (Å²) in [5.74, 6) is 0.452. The van der Waals surface area contributed by atoms with Crippen LogP contribution in [0.2, 0.25) is 0 Å². The van der Waals surface area contributed by atoms with E-state index in [2.05, 4.69) is 41.4 Å². The van der Waals surface area contributed by atoms with Gasteiger partial charge >= 0.3 is 0 Å². The van der Waals surface area contributed by atoms with Gasteiger partial charge in [0.25, 0.3) is 5.91 Å². The van der Waals surface area contributed by atoms with Gasteiger partial charge in [0.1, 0.15) is 0 Å². The quantitative estimate of drug-likeness (QED) is 0.786. The number of hydrogen-bond donors (Lipinski definition) is 2. The van der Waals surface area contributed by atoms with Crippen molar-refractivity contribution in [1.82, 2.24) is 10.2 Å². The highest BCUT2D eigenvalue weighted by Crippen LogP contribution is 2.22. The summed E-state index contributed by atoms with van der Waals surface area (Å²) in [5.41, 5.74) is 9.42. The Kier molecular flexibility index (Phi) is 7.06. The summed E-state index contributed by atoms with van der Waals surface area (Å²) in [4.78, 5) is 15.0. The van der Waals surface area contributed by atoms with Gasteiger partial charge in [-0.25, -0.2) is 0 Å². The zero-order valence-corrected chi connectivity index (χ0v) is 16.3. The highest BCUT2D eigenvalue weighted by atomic mass is 35.5. The number of carbonyl (C=O) groups excluding carboxylic acids is 1. The molecule has 1 saturated heterocycles. The summed E-state index contributed by atoms with van der Waals surface area (Å²) in [6.45, 7) is 7.13. The second kappa shape index (κ2) is 9.06. The summed E-state index contributed by atoms with van der Waals surface area (Å²) < 4.78 is 0. The van der Waals surface area contributed by atoms with Crippen molar-refractivity contribution in [3.05, 3.63) is 65.2 Å². The lowest BCUT2D eigenvalue weighted by molar-refractivity contribution is 0.0926. The number of anilines is 1. The third-order valence-electron chi connectivity index (χ3n) is 5.13. The summed E-state index contributed by atoms with van der Waals surface area (Å²) in [7, 11) is 0. The van der Waals surface area contributed by atoms with E-state index in [1.54, 1.807) is 6.07 Å². The molecule has 0 radical (unpaired) electrons. The monoisotopic (exact) mass is 373 g/mol. The van der Waals surface area contributed by atoms with E-state index >= 15 is 0 Å². The molecule has 1 fully saturated rings. The highest BCUT2D eigenvalue weighted by Gasteiger charge is 2.28. The number of halogens is 1. The van der Waals surface area contributed by atoms with Crippen LogP contribution in [-0.4, -0.2) is 29.9 Å². The molecule has 0 saturated carbocycles. The second-order valence-corrected chi connectivity index (χ2v) is 7.11. The van der Waals surface area contributed by atoms with Gasteiger partial charge in [-0.15, -0.1) is 12.4 Å². The van der Waals surface area contributed by atoms with Crippen LogP contribution < -0.4 is 11.1 Å². The van der Waals surface area contributed by atoms with Crippen molar-refractivity contribution in [2.75, 3.05) is 18.8 Å². The van der Waals surface area contributed by atoms with Gasteiger partial charge in [0.2, 0.25) is 0 Å². The molecule has 0 bridgehead atoms. The number of hydrogen-bond acceptors (Lipinski definition) is 3. The molecule has 5 heteroatoms. The van der Waals surface area contributed by atoms with Gasteiger partial charge in [-0.1, -0.05) is 36.4 Å². The first-order chi connectivity index (χ1) is 12.0. The molecule has 2 aromatic rings. The average Bonchev–Trinajstić information content (AvgIpc) is 3.06. The minimum atomic E-state index is -0.0289. The van der Waals surface area contributed by atoms with Crippen molar-refractivity contribution < 1.29 is 4.79 Å².